The number of nitrogens with zero attached hydrogens (tertiary/aromatic N) is 5. The molecule has 0 aliphatic rings. The molecule has 0 fully saturated rings. The predicted octanol–water partition coefficient (Wildman–Crippen LogP) is 2.16. The van der Waals surface area contributed by atoms with Crippen LogP contribution in [0.4, 0.5) is 5.82 Å². The van der Waals surface area contributed by atoms with Gasteiger partial charge in [0.15, 0.2) is 5.65 Å². The van der Waals surface area contributed by atoms with E-state index >= 15 is 0 Å². The number of anilines is 1. The van der Waals surface area contributed by atoms with Crippen molar-refractivity contribution in [3.63, 3.8) is 0 Å². The molecule has 0 saturated heterocycles. The summed E-state index contributed by atoms with van der Waals surface area (Å²) in [6.45, 7) is 1.48. The maximum Gasteiger partial charge on any atom is 0.251 e. The van der Waals surface area contributed by atoms with E-state index in [2.05, 4.69) is 37.8 Å². The van der Waals surface area contributed by atoms with Crippen LogP contribution >= 0.6 is 0 Å². The zero-order valence-corrected chi connectivity index (χ0v) is 20.4. The van der Waals surface area contributed by atoms with Crippen LogP contribution in [0.5, 0.6) is 0 Å². The Balaban J connectivity index is 1.34. The van der Waals surface area contributed by atoms with Crippen molar-refractivity contribution in [2.75, 3.05) is 32.5 Å². The molecule has 4 rings (SSSR count). The Labute approximate surface area is 204 Å². The van der Waals surface area contributed by atoms with Crippen LogP contribution in [0.25, 0.3) is 11.0 Å². The summed E-state index contributed by atoms with van der Waals surface area (Å²) in [5.41, 5.74) is 2.29. The van der Waals surface area contributed by atoms with E-state index in [0.717, 1.165) is 22.7 Å². The summed E-state index contributed by atoms with van der Waals surface area (Å²) in [6, 6.07) is 16.1. The van der Waals surface area contributed by atoms with Gasteiger partial charge in [-0.25, -0.2) is 27.4 Å². The molecule has 0 atom stereocenters. The number of carbonyl (C=O) groups is 1. The van der Waals surface area contributed by atoms with E-state index in [1.807, 2.05) is 18.2 Å². The topological polar surface area (TPSA) is 122 Å². The molecule has 1 amide bonds. The number of sulfonamides is 1. The SMILES string of the molecule is CN(C)S(=O)(=O)c1ccc(C(=O)NCCn2ncc3c(NCCc4ccccc4)ncnc32)cc1. The lowest BCUT2D eigenvalue weighted by molar-refractivity contribution is 0.0952. The Hall–Kier alpha value is -3.83. The second kappa shape index (κ2) is 10.6. The van der Waals surface area contributed by atoms with Crippen LogP contribution in [-0.2, 0) is 23.0 Å². The van der Waals surface area contributed by atoms with Crippen molar-refractivity contribution in [3.05, 3.63) is 78.2 Å². The zero-order valence-electron chi connectivity index (χ0n) is 19.5. The van der Waals surface area contributed by atoms with E-state index in [-0.39, 0.29) is 10.8 Å². The van der Waals surface area contributed by atoms with E-state index in [1.54, 1.807) is 10.9 Å². The van der Waals surface area contributed by atoms with E-state index in [4.69, 9.17) is 0 Å². The first-order valence-electron chi connectivity index (χ1n) is 11.1. The van der Waals surface area contributed by atoms with Crippen LogP contribution in [0, 0.1) is 0 Å². The van der Waals surface area contributed by atoms with Crippen LogP contribution < -0.4 is 10.6 Å². The average Bonchev–Trinajstić information content (AvgIpc) is 3.28. The molecule has 0 unspecified atom stereocenters. The molecule has 11 heteroatoms. The molecule has 0 spiro atoms. The van der Waals surface area contributed by atoms with E-state index < -0.39 is 10.0 Å². The lowest BCUT2D eigenvalue weighted by atomic mass is 10.1. The molecule has 2 aromatic heterocycles. The monoisotopic (exact) mass is 493 g/mol. The normalized spacial score (nSPS) is 11.6. The molecule has 0 saturated carbocycles. The number of rotatable bonds is 10. The third kappa shape index (κ3) is 5.64. The number of fused-ring (bicyclic) bond motifs is 1. The number of hydrogen-bond donors (Lipinski definition) is 2. The summed E-state index contributed by atoms with van der Waals surface area (Å²) in [4.78, 5) is 21.3. The molecule has 2 aromatic carbocycles. The minimum atomic E-state index is -3.54. The molecule has 4 aromatic rings. The van der Waals surface area contributed by atoms with E-state index in [0.29, 0.717) is 30.1 Å². The lowest BCUT2D eigenvalue weighted by Crippen LogP contribution is -2.27. The van der Waals surface area contributed by atoms with Crippen molar-refractivity contribution in [1.82, 2.24) is 29.4 Å². The van der Waals surface area contributed by atoms with Crippen molar-refractivity contribution in [1.29, 1.82) is 0 Å². The third-order valence-corrected chi connectivity index (χ3v) is 7.32. The van der Waals surface area contributed by atoms with Gasteiger partial charge in [0.25, 0.3) is 5.91 Å². The van der Waals surface area contributed by atoms with Crippen molar-refractivity contribution in [2.24, 2.45) is 0 Å². The summed E-state index contributed by atoms with van der Waals surface area (Å²) < 4.78 is 27.2. The third-order valence-electron chi connectivity index (χ3n) is 5.49. The molecular weight excluding hydrogens is 466 g/mol. The fourth-order valence-electron chi connectivity index (χ4n) is 3.53. The maximum absolute atomic E-state index is 12.5. The molecule has 2 N–H and O–H groups in total. The van der Waals surface area contributed by atoms with Crippen LogP contribution in [0.1, 0.15) is 15.9 Å². The van der Waals surface area contributed by atoms with E-state index in [1.165, 1.54) is 50.3 Å². The highest BCUT2D eigenvalue weighted by molar-refractivity contribution is 7.89. The summed E-state index contributed by atoms with van der Waals surface area (Å²) in [5, 5.41) is 11.4. The predicted molar refractivity (Wildman–Crippen MR) is 134 cm³/mol. The van der Waals surface area contributed by atoms with Gasteiger partial charge in [0.1, 0.15) is 12.1 Å². The van der Waals surface area contributed by atoms with Gasteiger partial charge in [-0.3, -0.25) is 4.79 Å². The van der Waals surface area contributed by atoms with Gasteiger partial charge in [-0.05, 0) is 36.2 Å². The summed E-state index contributed by atoms with van der Waals surface area (Å²) >= 11 is 0. The van der Waals surface area contributed by atoms with Gasteiger partial charge in [0.2, 0.25) is 10.0 Å². The summed E-state index contributed by atoms with van der Waals surface area (Å²) in [6.07, 6.45) is 4.08. The average molecular weight is 494 g/mol. The number of amides is 1. The highest BCUT2D eigenvalue weighted by atomic mass is 32.2. The zero-order chi connectivity index (χ0) is 24.8. The molecule has 0 aliphatic carbocycles. The van der Waals surface area contributed by atoms with Crippen LogP contribution in [-0.4, -0.2) is 65.6 Å². The van der Waals surface area contributed by atoms with Crippen LogP contribution in [0.2, 0.25) is 0 Å². The van der Waals surface area contributed by atoms with Gasteiger partial charge in [-0.1, -0.05) is 30.3 Å². The number of benzene rings is 2. The molecule has 35 heavy (non-hydrogen) atoms. The first-order chi connectivity index (χ1) is 16.9. The van der Waals surface area contributed by atoms with Crippen molar-refractivity contribution in [2.45, 2.75) is 17.9 Å². The molecule has 182 valence electrons. The Morgan fingerprint density at radius 3 is 2.46 bits per heavy atom. The van der Waals surface area contributed by atoms with Crippen molar-refractivity contribution in [3.8, 4) is 0 Å². The molecule has 0 bridgehead atoms. The highest BCUT2D eigenvalue weighted by Crippen LogP contribution is 2.18. The van der Waals surface area contributed by atoms with Gasteiger partial charge < -0.3 is 10.6 Å². The first-order valence-corrected chi connectivity index (χ1v) is 12.6. The van der Waals surface area contributed by atoms with Gasteiger partial charge in [0, 0.05) is 32.7 Å². The van der Waals surface area contributed by atoms with Crippen molar-refractivity contribution < 1.29 is 13.2 Å². The van der Waals surface area contributed by atoms with Crippen LogP contribution in [0.3, 0.4) is 0 Å². The second-order valence-corrected chi connectivity index (χ2v) is 10.2. The largest absolute Gasteiger partial charge is 0.369 e. The second-order valence-electron chi connectivity index (χ2n) is 8.06. The number of nitrogens with one attached hydrogen (secondary N) is 2. The Kier molecular flexibility index (Phi) is 7.37. The van der Waals surface area contributed by atoms with Gasteiger partial charge >= 0.3 is 0 Å². The number of hydrogen-bond acceptors (Lipinski definition) is 7. The van der Waals surface area contributed by atoms with Gasteiger partial charge in [-0.2, -0.15) is 5.10 Å². The number of aromatic nitrogens is 4. The Morgan fingerprint density at radius 1 is 1.00 bits per heavy atom. The Morgan fingerprint density at radius 2 is 1.74 bits per heavy atom. The fourth-order valence-corrected chi connectivity index (χ4v) is 4.44. The smallest absolute Gasteiger partial charge is 0.251 e. The maximum atomic E-state index is 12.5. The van der Waals surface area contributed by atoms with Gasteiger partial charge in [-0.15, -0.1) is 0 Å². The molecule has 10 nitrogen and oxygen atoms in total. The molecule has 0 radical (unpaired) electrons. The van der Waals surface area contributed by atoms with Crippen LogP contribution in [0.15, 0.2) is 72.0 Å². The fraction of sp³-hybridized carbons (Fsp3) is 0.250. The Bertz CT molecular complexity index is 1400. The molecule has 0 aliphatic heterocycles. The minimum absolute atomic E-state index is 0.134. The number of carbonyl (C=O) groups excluding carboxylic acids is 1. The summed E-state index contributed by atoms with van der Waals surface area (Å²) in [7, 11) is -0.614. The standard InChI is InChI=1S/C24H27N7O3S/c1-30(2)35(33,34)20-10-8-19(9-11-20)24(32)26-14-15-31-23-21(16-29-31)22(27-17-28-23)25-13-12-18-6-4-3-5-7-18/h3-11,16-17H,12-15H2,1-2H3,(H,26,32)(H,25,27,28). The van der Waals surface area contributed by atoms with Gasteiger partial charge in [0.05, 0.1) is 23.0 Å². The molecular formula is C24H27N7O3S. The first kappa shape index (κ1) is 24.3. The highest BCUT2D eigenvalue weighted by Gasteiger charge is 2.17. The molecule has 2 heterocycles. The minimum Gasteiger partial charge on any atom is -0.369 e. The van der Waals surface area contributed by atoms with E-state index in [9.17, 15) is 13.2 Å². The quantitative estimate of drug-likeness (QED) is 0.347. The lowest BCUT2D eigenvalue weighted by Gasteiger charge is -2.11. The van der Waals surface area contributed by atoms with Crippen molar-refractivity contribution >= 4 is 32.8 Å². The summed E-state index contributed by atoms with van der Waals surface area (Å²) in [5.74, 6) is 0.419.